The first-order valence-electron chi connectivity index (χ1n) is 29.9. The highest BCUT2D eigenvalue weighted by atomic mass is 36.0. The largest absolute Gasteiger partial charge is 0.477 e. The van der Waals surface area contributed by atoms with Crippen LogP contribution in [0.25, 0.3) is 24.2 Å². The molecule has 0 radical (unpaired) electrons. The number of aromatic carboxylic acids is 2. The minimum absolute atomic E-state index is 0. The summed E-state index contributed by atoms with van der Waals surface area (Å²) in [6.07, 6.45) is 0. The van der Waals surface area contributed by atoms with Crippen molar-refractivity contribution in [2.24, 2.45) is 5.73 Å². The third-order valence-corrected chi connectivity index (χ3v) is 19.3. The molecule has 36 heteroatoms. The van der Waals surface area contributed by atoms with Crippen LogP contribution in [-0.2, 0) is 42.7 Å². The molecule has 0 atom stereocenters. The number of hydrogen-bond acceptors (Lipinski definition) is 18. The summed E-state index contributed by atoms with van der Waals surface area (Å²) in [7, 11) is 11.2. The monoisotopic (exact) mass is 1740 g/mol. The van der Waals surface area contributed by atoms with Gasteiger partial charge in [0.1, 0.15) is 53.6 Å². The van der Waals surface area contributed by atoms with E-state index in [1.54, 1.807) is 67.7 Å². The van der Waals surface area contributed by atoms with Gasteiger partial charge in [0.15, 0.2) is 0 Å². The number of carboxylic acid groups (broad SMARTS) is 2. The van der Waals surface area contributed by atoms with Gasteiger partial charge in [0.2, 0.25) is 37.7 Å². The Hall–Kier alpha value is -9.17. The Morgan fingerprint density at radius 3 is 0.826 bits per heavy atom. The van der Waals surface area contributed by atoms with Gasteiger partial charge in [0.05, 0.1) is 40.0 Å². The van der Waals surface area contributed by atoms with Crippen LogP contribution in [0.15, 0.2) is 207 Å². The van der Waals surface area contributed by atoms with Crippen molar-refractivity contribution < 1.29 is 49.7 Å². The molecular formula is C73H58Cl8N12O10S6. The lowest BCUT2D eigenvalue weighted by Gasteiger charge is -2.06. The molecule has 0 fully saturated rings. The molecule has 2 amide bonds. The number of carboxylic acids is 2. The van der Waals surface area contributed by atoms with E-state index < -0.39 is 33.0 Å². The van der Waals surface area contributed by atoms with E-state index in [-0.39, 0.29) is 42.5 Å². The molecule has 0 saturated carbocycles. The second kappa shape index (κ2) is 51.3. The van der Waals surface area contributed by atoms with Crippen molar-refractivity contribution in [1.82, 2.24) is 30.2 Å². The number of thioether (sulfide) groups is 5. The fourth-order valence-electron chi connectivity index (χ4n) is 7.63. The van der Waals surface area contributed by atoms with Crippen molar-refractivity contribution >= 4 is 218 Å². The number of carbonyl (C=O) groups is 5. The summed E-state index contributed by atoms with van der Waals surface area (Å²) < 4.78 is 13.7. The highest BCUT2D eigenvalue weighted by molar-refractivity contribution is 8.26. The molecule has 5 aromatic heterocycles. The van der Waals surface area contributed by atoms with Crippen LogP contribution in [0.1, 0.15) is 81.7 Å². The summed E-state index contributed by atoms with van der Waals surface area (Å²) in [6.45, 7) is 35.6. The van der Waals surface area contributed by atoms with Crippen molar-refractivity contribution in [3.63, 3.8) is 0 Å². The predicted molar refractivity (Wildman–Crippen MR) is 442 cm³/mol. The van der Waals surface area contributed by atoms with E-state index in [4.69, 9.17) is 116 Å². The lowest BCUT2D eigenvalue weighted by Crippen LogP contribution is -2.19. The molecule has 6 N–H and O–H groups in total. The Kier molecular flexibility index (Phi) is 44.2. The number of primary amides is 1. The predicted octanol–water partition coefficient (Wildman–Crippen LogP) is 21.9. The summed E-state index contributed by atoms with van der Waals surface area (Å²) in [5, 5.41) is 33.2. The average molecular weight is 1740 g/mol. The number of hydrogen-bond donors (Lipinski definition) is 5. The van der Waals surface area contributed by atoms with E-state index in [1.165, 1.54) is 102 Å². The van der Waals surface area contributed by atoms with Gasteiger partial charge in [-0.3, -0.25) is 9.59 Å². The minimum atomic E-state index is -1.67. The number of benzene rings is 5. The zero-order chi connectivity index (χ0) is 79.7. The standard InChI is InChI=1S/C15H12ClN3OS.C15H11ClN2O2S.C14H10ClN3OS.2C14H9ClN2O2S.CH4O.Cl2OS.ClH.H2/c1-17-13-8-7-12(14(20)18-2)19-15(13)21-9-10-3-5-11(16)6-4-10;1-17-12-7-8-13(15(19)20-2)18-14(12)21-9-10-3-5-11(16)6-4-10;1-17-12-7-6-11(13(16)19)18-14(12)20-8-9-2-4-10(15)5-3-9;2*1-16-11-6-7-12(14(18)19)17-13(11)20-8-9-2-4-10(15)5-3-9;1-2;1-4(2)3;;/h3-8H,9H2,2H3,(H,18,20);3-8H,9H2,2H3;2-7H,8H2,(H2,16,19);2*2-7H,8H2,(H,18,19);2H,1H3;;2*1H/i;;;;;;;;1+1. The number of carbonyl (C=O) groups excluding carboxylic acids is 3. The third-order valence-electron chi connectivity index (χ3n) is 12.8. The summed E-state index contributed by atoms with van der Waals surface area (Å²) in [6, 6.07) is 51.9. The Labute approximate surface area is 693 Å². The van der Waals surface area contributed by atoms with Crippen LogP contribution < -0.4 is 11.1 Å². The Morgan fingerprint density at radius 2 is 0.615 bits per heavy atom. The molecule has 0 unspecified atom stereocenters. The number of esters is 1. The molecule has 5 heterocycles. The zero-order valence-electron chi connectivity index (χ0n) is 56.6. The zero-order valence-corrected chi connectivity index (χ0v) is 67.6. The van der Waals surface area contributed by atoms with Gasteiger partial charge in [-0.2, -0.15) is 0 Å². The number of nitrogens with zero attached hydrogens (tertiary/aromatic N) is 10. The molecule has 0 bridgehead atoms. The Morgan fingerprint density at radius 1 is 0.413 bits per heavy atom. The van der Waals surface area contributed by atoms with Gasteiger partial charge in [0, 0.05) is 90.8 Å². The van der Waals surface area contributed by atoms with Gasteiger partial charge >= 0.3 is 17.9 Å². The molecule has 10 aromatic rings. The second-order valence-electron chi connectivity index (χ2n) is 20.0. The molecular weight excluding hydrogens is 1680 g/mol. The van der Waals surface area contributed by atoms with Crippen LogP contribution in [0, 0.1) is 32.9 Å². The quantitative estimate of drug-likeness (QED) is 0.0205. The number of aromatic nitrogens is 5. The number of aliphatic hydroxyl groups is 1. The first-order valence-corrected chi connectivity index (χ1v) is 39.5. The van der Waals surface area contributed by atoms with Crippen molar-refractivity contribution in [1.29, 1.82) is 0 Å². The number of nitrogens with two attached hydrogens (primary N) is 1. The normalized spacial score (nSPS) is 9.72. The summed E-state index contributed by atoms with van der Waals surface area (Å²) in [4.78, 5) is 93.5. The average Bonchev–Trinajstić information content (AvgIpc) is 0.868. The molecule has 0 saturated heterocycles. The molecule has 562 valence electrons. The summed E-state index contributed by atoms with van der Waals surface area (Å²) in [5.41, 5.74) is 13.0. The SMILES string of the molecule is CO.Cl.O=S(Cl)Cl.[2HH].[C-]#[N+]c1ccc(C(=O)NC)nc1SCc1ccc(Cl)cc1.[C-]#[N+]c1ccc(C(=O)O)nc1SCc1ccc(Cl)cc1.[C-]#[N+]c1ccc(C(=O)O)nc1SCc1ccc(Cl)cc1.[C-]#[N+]c1ccc(C(=O)OC)nc1SCc1ccc(Cl)cc1.[C-]#[N+]c1ccc(C(N)=O)nc1SCc1ccc(Cl)cc1. The molecule has 109 heavy (non-hydrogen) atoms. The van der Waals surface area contributed by atoms with E-state index in [9.17, 15) is 24.0 Å². The number of pyridine rings is 5. The van der Waals surface area contributed by atoms with Crippen molar-refractivity contribution in [2.45, 2.75) is 53.9 Å². The maximum Gasteiger partial charge on any atom is 0.356 e. The van der Waals surface area contributed by atoms with Crippen LogP contribution in [-0.4, -0.2) is 95.4 Å². The van der Waals surface area contributed by atoms with Gasteiger partial charge in [-0.1, -0.05) is 149 Å². The third kappa shape index (κ3) is 34.1. The number of aliphatic hydroxyl groups excluding tert-OH is 1. The van der Waals surface area contributed by atoms with Crippen molar-refractivity contribution in [2.75, 3.05) is 21.3 Å². The topological polar surface area (TPSA) is 297 Å². The summed E-state index contributed by atoms with van der Waals surface area (Å²) >= 11 is 36.0. The molecule has 22 nitrogen and oxygen atoms in total. The van der Waals surface area contributed by atoms with Gasteiger partial charge in [0.25, 0.3) is 11.8 Å². The van der Waals surface area contributed by atoms with E-state index in [2.05, 4.69) is 80.6 Å². The molecule has 10 rings (SSSR count). The lowest BCUT2D eigenvalue weighted by atomic mass is 10.2. The number of rotatable bonds is 20. The number of ether oxygens (including phenoxy) is 1. The number of methoxy groups -OCH3 is 1. The first-order chi connectivity index (χ1) is 51.8. The van der Waals surface area contributed by atoms with Crippen LogP contribution >= 0.6 is 151 Å². The van der Waals surface area contributed by atoms with E-state index in [0.717, 1.165) is 34.9 Å². The molecule has 0 aliphatic carbocycles. The van der Waals surface area contributed by atoms with Crippen LogP contribution in [0.3, 0.4) is 0 Å². The first kappa shape index (κ1) is 94.0. The highest BCUT2D eigenvalue weighted by Gasteiger charge is 2.17. The van der Waals surface area contributed by atoms with E-state index in [1.807, 2.05) is 84.9 Å². The smallest absolute Gasteiger partial charge is 0.356 e. The second-order valence-corrected chi connectivity index (χ2v) is 29.5. The van der Waals surface area contributed by atoms with Crippen LogP contribution in [0.5, 0.6) is 0 Å². The number of nitrogens with one attached hydrogen (secondary N) is 1. The molecule has 5 aromatic carbocycles. The maximum atomic E-state index is 11.6. The Bertz CT molecular complexity index is 4580. The van der Waals surface area contributed by atoms with Gasteiger partial charge < -0.3 is 31.1 Å². The maximum absolute atomic E-state index is 11.6. The van der Waals surface area contributed by atoms with Gasteiger partial charge in [-0.25, -0.2) is 67.7 Å². The van der Waals surface area contributed by atoms with Crippen molar-refractivity contribution in [3.8, 4) is 0 Å². The molecule has 0 aliphatic rings. The number of amides is 2. The lowest BCUT2D eigenvalue weighted by molar-refractivity contribution is 0.0591. The molecule has 0 aliphatic heterocycles. The van der Waals surface area contributed by atoms with E-state index in [0.29, 0.717) is 113 Å². The van der Waals surface area contributed by atoms with Crippen LogP contribution in [0.2, 0.25) is 25.1 Å². The fourth-order valence-corrected chi connectivity index (χ4v) is 12.9. The van der Waals surface area contributed by atoms with Gasteiger partial charge in [-0.15, -0.1) is 71.2 Å². The van der Waals surface area contributed by atoms with E-state index >= 15 is 0 Å². The van der Waals surface area contributed by atoms with Crippen molar-refractivity contribution in [3.05, 3.63) is 320 Å². The minimum Gasteiger partial charge on any atom is -0.477 e. The molecule has 0 spiro atoms. The summed E-state index contributed by atoms with van der Waals surface area (Å²) in [5.74, 6) is -0.471. The fraction of sp³-hybridized carbons (Fsp3) is 0.110. The highest BCUT2D eigenvalue weighted by Crippen LogP contribution is 2.36. The van der Waals surface area contributed by atoms with Gasteiger partial charge in [-0.05, 0) is 119 Å². The number of halogens is 8. The Balaban J connectivity index is 0.000000456. The van der Waals surface area contributed by atoms with Crippen LogP contribution in [0.4, 0.5) is 28.4 Å².